The topological polar surface area (TPSA) is 58.2 Å². The zero-order valence-corrected chi connectivity index (χ0v) is 9.67. The lowest BCUT2D eigenvalue weighted by atomic mass is 9.76. The zero-order chi connectivity index (χ0) is 12.0. The van der Waals surface area contributed by atoms with Crippen LogP contribution in [0.5, 0.6) is 0 Å². The molecule has 1 aliphatic carbocycles. The van der Waals surface area contributed by atoms with Gasteiger partial charge in [-0.25, -0.2) is 4.79 Å². The molecule has 1 fully saturated rings. The Morgan fingerprint density at radius 2 is 2.12 bits per heavy atom. The van der Waals surface area contributed by atoms with Crippen molar-refractivity contribution in [1.82, 2.24) is 10.6 Å². The Morgan fingerprint density at radius 1 is 1.29 bits per heavy atom. The Bertz CT molecular complexity index is 524. The Labute approximate surface area is 99.4 Å². The highest BCUT2D eigenvalue weighted by Gasteiger charge is 2.49. The highest BCUT2D eigenvalue weighted by atomic mass is 16.2. The molecule has 1 atom stereocenters. The summed E-state index contributed by atoms with van der Waals surface area (Å²) in [5.41, 5.74) is 2.50. The number of benzene rings is 1. The second-order valence-electron chi connectivity index (χ2n) is 4.83. The number of urea groups is 1. The fourth-order valence-corrected chi connectivity index (χ4v) is 2.88. The highest BCUT2D eigenvalue weighted by molar-refractivity contribution is 6.07. The van der Waals surface area contributed by atoms with Gasteiger partial charge in [0, 0.05) is 0 Å². The normalized spacial score (nSPS) is 26.6. The van der Waals surface area contributed by atoms with Crippen LogP contribution in [0.15, 0.2) is 18.2 Å². The summed E-state index contributed by atoms with van der Waals surface area (Å²) in [4.78, 5) is 23.4. The molecule has 0 bridgehead atoms. The first-order valence-corrected chi connectivity index (χ1v) is 5.85. The average Bonchev–Trinajstić information content (AvgIpc) is 2.54. The van der Waals surface area contributed by atoms with Gasteiger partial charge in [-0.3, -0.25) is 10.1 Å². The molecule has 0 saturated carbocycles. The number of aryl methyl sites for hydroxylation is 2. The van der Waals surface area contributed by atoms with Crippen LogP contribution in [0.2, 0.25) is 0 Å². The van der Waals surface area contributed by atoms with Crippen LogP contribution in [-0.2, 0) is 16.8 Å². The number of hydrogen-bond donors (Lipinski definition) is 2. The summed E-state index contributed by atoms with van der Waals surface area (Å²) >= 11 is 0. The van der Waals surface area contributed by atoms with Gasteiger partial charge in [0.2, 0.25) is 0 Å². The maximum atomic E-state index is 12.0. The third-order valence-electron chi connectivity index (χ3n) is 3.66. The number of amides is 3. The number of rotatable bonds is 0. The molecule has 0 aromatic heterocycles. The lowest BCUT2D eigenvalue weighted by molar-refractivity contribution is -0.124. The summed E-state index contributed by atoms with van der Waals surface area (Å²) in [5, 5.41) is 5.14. The van der Waals surface area contributed by atoms with Crippen LogP contribution in [0.3, 0.4) is 0 Å². The molecule has 1 unspecified atom stereocenters. The summed E-state index contributed by atoms with van der Waals surface area (Å²) in [5.74, 6) is -0.215. The SMILES string of the molecule is Cc1ccc2c(c1)CCCC21NC(=O)NC1=O. The first-order valence-electron chi connectivity index (χ1n) is 5.85. The van der Waals surface area contributed by atoms with Gasteiger partial charge in [0.25, 0.3) is 5.91 Å². The van der Waals surface area contributed by atoms with Gasteiger partial charge in [0.05, 0.1) is 0 Å². The third kappa shape index (κ3) is 1.37. The largest absolute Gasteiger partial charge is 0.322 e. The molecule has 4 nitrogen and oxygen atoms in total. The summed E-state index contributed by atoms with van der Waals surface area (Å²) in [6, 6.07) is 5.68. The lowest BCUT2D eigenvalue weighted by Crippen LogP contribution is -2.46. The molecule has 1 spiro atoms. The summed E-state index contributed by atoms with van der Waals surface area (Å²) in [6.45, 7) is 2.04. The van der Waals surface area contributed by atoms with Gasteiger partial charge in [-0.2, -0.15) is 0 Å². The van der Waals surface area contributed by atoms with E-state index in [1.165, 1.54) is 11.1 Å². The number of fused-ring (bicyclic) bond motifs is 2. The van der Waals surface area contributed by atoms with E-state index in [0.29, 0.717) is 6.42 Å². The molecule has 88 valence electrons. The minimum Gasteiger partial charge on any atom is -0.319 e. The molecule has 1 aromatic carbocycles. The van der Waals surface area contributed by atoms with E-state index in [1.54, 1.807) is 0 Å². The van der Waals surface area contributed by atoms with Crippen LogP contribution in [0.1, 0.15) is 29.5 Å². The number of carbonyl (C=O) groups is 2. The van der Waals surface area contributed by atoms with Crippen molar-refractivity contribution in [3.8, 4) is 0 Å². The van der Waals surface area contributed by atoms with Gasteiger partial charge >= 0.3 is 6.03 Å². The first kappa shape index (κ1) is 10.3. The summed E-state index contributed by atoms with van der Waals surface area (Å²) in [6.07, 6.45) is 2.58. The number of nitrogens with one attached hydrogen (secondary N) is 2. The molecule has 1 saturated heterocycles. The van der Waals surface area contributed by atoms with E-state index >= 15 is 0 Å². The van der Waals surface area contributed by atoms with Crippen LogP contribution in [0, 0.1) is 6.92 Å². The zero-order valence-electron chi connectivity index (χ0n) is 9.67. The third-order valence-corrected chi connectivity index (χ3v) is 3.66. The average molecular weight is 230 g/mol. The van der Waals surface area contributed by atoms with E-state index < -0.39 is 5.54 Å². The molecule has 2 aliphatic rings. The van der Waals surface area contributed by atoms with Crippen LogP contribution >= 0.6 is 0 Å². The molecule has 1 aromatic rings. The standard InChI is InChI=1S/C13H14N2O2/c1-8-4-5-10-9(7-8)3-2-6-13(10)11(16)14-12(17)15-13/h4-5,7H,2-3,6H2,1H3,(H2,14,15,16,17). The van der Waals surface area contributed by atoms with Crippen LogP contribution < -0.4 is 10.6 Å². The maximum Gasteiger partial charge on any atom is 0.322 e. The Morgan fingerprint density at radius 3 is 2.82 bits per heavy atom. The predicted octanol–water partition coefficient (Wildman–Crippen LogP) is 1.37. The number of hydrogen-bond acceptors (Lipinski definition) is 2. The minimum atomic E-state index is -0.821. The molecule has 4 heteroatoms. The van der Waals surface area contributed by atoms with Gasteiger partial charge in [-0.15, -0.1) is 0 Å². The van der Waals surface area contributed by atoms with Gasteiger partial charge in [-0.1, -0.05) is 23.8 Å². The molecule has 3 amide bonds. The van der Waals surface area contributed by atoms with Crippen LogP contribution in [0.4, 0.5) is 4.79 Å². The monoisotopic (exact) mass is 230 g/mol. The van der Waals surface area contributed by atoms with Crippen molar-refractivity contribution in [1.29, 1.82) is 0 Å². The second kappa shape index (κ2) is 3.32. The molecular weight excluding hydrogens is 216 g/mol. The highest BCUT2D eigenvalue weighted by Crippen LogP contribution is 2.37. The van der Waals surface area contributed by atoms with Crippen molar-refractivity contribution in [2.45, 2.75) is 31.7 Å². The first-order chi connectivity index (χ1) is 8.12. The molecule has 1 aliphatic heterocycles. The quantitative estimate of drug-likeness (QED) is 0.661. The van der Waals surface area contributed by atoms with Gasteiger partial charge in [-0.05, 0) is 37.3 Å². The van der Waals surface area contributed by atoms with Crippen molar-refractivity contribution in [3.63, 3.8) is 0 Å². The molecule has 17 heavy (non-hydrogen) atoms. The van der Waals surface area contributed by atoms with E-state index in [2.05, 4.69) is 16.7 Å². The molecule has 1 heterocycles. The fraction of sp³-hybridized carbons (Fsp3) is 0.385. The van der Waals surface area contributed by atoms with E-state index in [0.717, 1.165) is 18.4 Å². The van der Waals surface area contributed by atoms with Crippen molar-refractivity contribution in [2.75, 3.05) is 0 Å². The van der Waals surface area contributed by atoms with Gasteiger partial charge < -0.3 is 5.32 Å². The fourth-order valence-electron chi connectivity index (χ4n) is 2.88. The maximum absolute atomic E-state index is 12.0. The smallest absolute Gasteiger partial charge is 0.319 e. The van der Waals surface area contributed by atoms with Gasteiger partial charge in [0.1, 0.15) is 5.54 Å². The Kier molecular flexibility index (Phi) is 2.02. The molecule has 0 radical (unpaired) electrons. The van der Waals surface area contributed by atoms with Crippen molar-refractivity contribution >= 4 is 11.9 Å². The number of imide groups is 1. The Balaban J connectivity index is 2.17. The van der Waals surface area contributed by atoms with Crippen molar-refractivity contribution in [3.05, 3.63) is 34.9 Å². The van der Waals surface area contributed by atoms with Crippen LogP contribution in [0.25, 0.3) is 0 Å². The van der Waals surface area contributed by atoms with Crippen LogP contribution in [-0.4, -0.2) is 11.9 Å². The van der Waals surface area contributed by atoms with Crippen molar-refractivity contribution < 1.29 is 9.59 Å². The van der Waals surface area contributed by atoms with Crippen molar-refractivity contribution in [2.24, 2.45) is 0 Å². The second-order valence-corrected chi connectivity index (χ2v) is 4.83. The predicted molar refractivity (Wildman–Crippen MR) is 62.5 cm³/mol. The van der Waals surface area contributed by atoms with Gasteiger partial charge in [0.15, 0.2) is 0 Å². The lowest BCUT2D eigenvalue weighted by Gasteiger charge is -2.33. The summed E-state index contributed by atoms with van der Waals surface area (Å²) in [7, 11) is 0. The molecule has 2 N–H and O–H groups in total. The van der Waals surface area contributed by atoms with E-state index in [4.69, 9.17) is 0 Å². The summed E-state index contributed by atoms with van der Waals surface area (Å²) < 4.78 is 0. The Hall–Kier alpha value is -1.84. The van der Waals surface area contributed by atoms with E-state index in [9.17, 15) is 9.59 Å². The number of carbonyl (C=O) groups excluding carboxylic acids is 2. The molecule has 3 rings (SSSR count). The minimum absolute atomic E-state index is 0.215. The van der Waals surface area contributed by atoms with E-state index in [-0.39, 0.29) is 11.9 Å². The molecular formula is C13H14N2O2. The van der Waals surface area contributed by atoms with E-state index in [1.807, 2.05) is 19.1 Å².